The fraction of sp³-hybridized carbons (Fsp3) is 0.500. The molecule has 3 nitrogen and oxygen atoms in total. The molecule has 1 atom stereocenters. The van der Waals surface area contributed by atoms with Crippen molar-refractivity contribution >= 4 is 0 Å². The first kappa shape index (κ1) is 14.8. The molecule has 0 aliphatic rings. The Morgan fingerprint density at radius 3 is 2.56 bits per heavy atom. The minimum atomic E-state index is -4.37. The highest BCUT2D eigenvalue weighted by Gasteiger charge is 2.27. The Balaban J connectivity index is 2.57. The number of aliphatic hydroxyl groups is 1. The minimum Gasteiger partial charge on any atom is -0.467 e. The van der Waals surface area contributed by atoms with Crippen molar-refractivity contribution in [3.63, 3.8) is 0 Å². The van der Waals surface area contributed by atoms with Gasteiger partial charge in [0.1, 0.15) is 12.4 Å². The summed E-state index contributed by atoms with van der Waals surface area (Å²) in [5.74, 6) is 0.317. The van der Waals surface area contributed by atoms with Gasteiger partial charge < -0.3 is 14.6 Å². The second-order valence-corrected chi connectivity index (χ2v) is 3.94. The lowest BCUT2D eigenvalue weighted by molar-refractivity contribution is -0.186. The van der Waals surface area contributed by atoms with Crippen LogP contribution in [0.2, 0.25) is 0 Å². The summed E-state index contributed by atoms with van der Waals surface area (Å²) in [5, 5.41) is 9.51. The average Bonchev–Trinajstić information content (AvgIpc) is 2.24. The number of alkyl halides is 3. The molecular formula is C12H15F3O3. The molecule has 1 N–H and O–H groups in total. The molecule has 18 heavy (non-hydrogen) atoms. The first-order valence-electron chi connectivity index (χ1n) is 5.35. The van der Waals surface area contributed by atoms with Gasteiger partial charge in [0.15, 0.2) is 6.79 Å². The van der Waals surface area contributed by atoms with Crippen LogP contribution in [0.4, 0.5) is 13.2 Å². The SMILES string of the molecule is Cc1ccc(OCOCC(F)(F)F)c([C@@H](C)O)c1. The van der Waals surface area contributed by atoms with Crippen molar-refractivity contribution in [1.82, 2.24) is 0 Å². The number of hydrogen-bond donors (Lipinski definition) is 1. The lowest BCUT2D eigenvalue weighted by Crippen LogP contribution is -2.19. The second-order valence-electron chi connectivity index (χ2n) is 3.94. The highest BCUT2D eigenvalue weighted by molar-refractivity contribution is 5.38. The number of rotatable bonds is 5. The Morgan fingerprint density at radius 1 is 1.33 bits per heavy atom. The summed E-state index contributed by atoms with van der Waals surface area (Å²) in [4.78, 5) is 0. The van der Waals surface area contributed by atoms with E-state index < -0.39 is 25.7 Å². The van der Waals surface area contributed by atoms with E-state index in [-0.39, 0.29) is 0 Å². The van der Waals surface area contributed by atoms with Gasteiger partial charge >= 0.3 is 6.18 Å². The Hall–Kier alpha value is -1.27. The summed E-state index contributed by atoms with van der Waals surface area (Å²) in [6, 6.07) is 5.04. The van der Waals surface area contributed by atoms with Crippen molar-refractivity contribution in [1.29, 1.82) is 0 Å². The number of benzene rings is 1. The molecule has 0 bridgehead atoms. The highest BCUT2D eigenvalue weighted by Crippen LogP contribution is 2.26. The molecule has 6 heteroatoms. The van der Waals surface area contributed by atoms with Gasteiger partial charge in [-0.2, -0.15) is 13.2 Å². The van der Waals surface area contributed by atoms with E-state index in [9.17, 15) is 18.3 Å². The Kier molecular flexibility index (Phi) is 4.98. The Labute approximate surface area is 103 Å². The zero-order valence-electron chi connectivity index (χ0n) is 10.1. The third-order valence-electron chi connectivity index (χ3n) is 2.18. The summed E-state index contributed by atoms with van der Waals surface area (Å²) in [5.41, 5.74) is 1.44. The van der Waals surface area contributed by atoms with Gasteiger partial charge in [0, 0.05) is 5.56 Å². The van der Waals surface area contributed by atoms with Crippen LogP contribution in [-0.2, 0) is 4.74 Å². The van der Waals surface area contributed by atoms with E-state index in [2.05, 4.69) is 4.74 Å². The van der Waals surface area contributed by atoms with Crippen LogP contribution in [0.15, 0.2) is 18.2 Å². The van der Waals surface area contributed by atoms with Gasteiger partial charge in [0.05, 0.1) is 6.10 Å². The van der Waals surface area contributed by atoms with E-state index in [1.807, 2.05) is 6.92 Å². The van der Waals surface area contributed by atoms with E-state index in [0.717, 1.165) is 5.56 Å². The summed E-state index contributed by atoms with van der Waals surface area (Å²) in [6.45, 7) is 1.53. The van der Waals surface area contributed by atoms with E-state index in [0.29, 0.717) is 11.3 Å². The Bertz CT molecular complexity index is 389. The van der Waals surface area contributed by atoms with Crippen molar-refractivity contribution in [3.05, 3.63) is 29.3 Å². The van der Waals surface area contributed by atoms with Crippen LogP contribution in [0.3, 0.4) is 0 Å². The van der Waals surface area contributed by atoms with Crippen LogP contribution >= 0.6 is 0 Å². The summed E-state index contributed by atoms with van der Waals surface area (Å²) < 4.78 is 44.9. The largest absolute Gasteiger partial charge is 0.467 e. The van der Waals surface area contributed by atoms with Crippen LogP contribution in [0.5, 0.6) is 5.75 Å². The van der Waals surface area contributed by atoms with Crippen LogP contribution < -0.4 is 4.74 Å². The maximum atomic E-state index is 11.8. The molecule has 102 valence electrons. The van der Waals surface area contributed by atoms with Gasteiger partial charge in [-0.05, 0) is 26.0 Å². The van der Waals surface area contributed by atoms with Crippen molar-refractivity contribution in [3.8, 4) is 5.75 Å². The first-order chi connectivity index (χ1) is 8.29. The number of hydrogen-bond acceptors (Lipinski definition) is 3. The number of ether oxygens (including phenoxy) is 2. The number of halogens is 3. The molecule has 0 unspecified atom stereocenters. The molecule has 0 fully saturated rings. The predicted molar refractivity (Wildman–Crippen MR) is 59.3 cm³/mol. The van der Waals surface area contributed by atoms with E-state index in [1.54, 1.807) is 25.1 Å². The maximum absolute atomic E-state index is 11.8. The van der Waals surface area contributed by atoms with Gasteiger partial charge in [-0.25, -0.2) is 0 Å². The third kappa shape index (κ3) is 4.93. The first-order valence-corrected chi connectivity index (χ1v) is 5.35. The van der Waals surface area contributed by atoms with E-state index >= 15 is 0 Å². The molecule has 0 aliphatic heterocycles. The summed E-state index contributed by atoms with van der Waals surface area (Å²) >= 11 is 0. The van der Waals surface area contributed by atoms with Crippen LogP contribution in [0.1, 0.15) is 24.2 Å². The molecule has 1 rings (SSSR count). The molecule has 1 aromatic carbocycles. The molecule has 0 amide bonds. The quantitative estimate of drug-likeness (QED) is 0.656. The molecule has 0 saturated heterocycles. The van der Waals surface area contributed by atoms with Crippen molar-refractivity contribution in [2.45, 2.75) is 26.1 Å². The topological polar surface area (TPSA) is 38.7 Å². The van der Waals surface area contributed by atoms with Gasteiger partial charge in [0.25, 0.3) is 0 Å². The lowest BCUT2D eigenvalue weighted by Gasteiger charge is -2.14. The second kappa shape index (κ2) is 6.06. The zero-order valence-corrected chi connectivity index (χ0v) is 10.1. The van der Waals surface area contributed by atoms with Crippen molar-refractivity contribution < 1.29 is 27.8 Å². The maximum Gasteiger partial charge on any atom is 0.411 e. The molecule has 1 aromatic rings. The minimum absolute atomic E-state index is 0.317. The van der Waals surface area contributed by atoms with Gasteiger partial charge in [-0.1, -0.05) is 11.6 Å². The summed E-state index contributed by atoms with van der Waals surface area (Å²) in [7, 11) is 0. The molecule has 0 aromatic heterocycles. The number of aliphatic hydroxyl groups excluding tert-OH is 1. The van der Waals surface area contributed by atoms with Gasteiger partial charge in [-0.3, -0.25) is 0 Å². The zero-order chi connectivity index (χ0) is 13.8. The van der Waals surface area contributed by atoms with Crippen LogP contribution in [-0.4, -0.2) is 24.7 Å². The van der Waals surface area contributed by atoms with Gasteiger partial charge in [-0.15, -0.1) is 0 Å². The fourth-order valence-electron chi connectivity index (χ4n) is 1.39. The Morgan fingerprint density at radius 2 is 2.00 bits per heavy atom. The van der Waals surface area contributed by atoms with Gasteiger partial charge in [0.2, 0.25) is 0 Å². The summed E-state index contributed by atoms with van der Waals surface area (Å²) in [6.07, 6.45) is -5.13. The molecule has 0 heterocycles. The molecular weight excluding hydrogens is 249 g/mol. The van der Waals surface area contributed by atoms with E-state index in [1.165, 1.54) is 0 Å². The molecule has 0 radical (unpaired) electrons. The van der Waals surface area contributed by atoms with Crippen LogP contribution in [0, 0.1) is 6.92 Å². The average molecular weight is 264 g/mol. The number of aryl methyl sites for hydroxylation is 1. The third-order valence-corrected chi connectivity index (χ3v) is 2.18. The molecule has 0 spiro atoms. The normalized spacial score (nSPS) is 13.4. The standard InChI is InChI=1S/C12H15F3O3/c1-8-3-4-11(10(5-8)9(2)16)18-7-17-6-12(13,14)15/h3-5,9,16H,6-7H2,1-2H3/t9-/m1/s1. The molecule has 0 aliphatic carbocycles. The van der Waals surface area contributed by atoms with Crippen molar-refractivity contribution in [2.75, 3.05) is 13.4 Å². The van der Waals surface area contributed by atoms with Crippen molar-refractivity contribution in [2.24, 2.45) is 0 Å². The highest BCUT2D eigenvalue weighted by atomic mass is 19.4. The fourth-order valence-corrected chi connectivity index (χ4v) is 1.39. The lowest BCUT2D eigenvalue weighted by atomic mass is 10.1. The predicted octanol–water partition coefficient (Wildman–Crippen LogP) is 2.96. The molecule has 0 saturated carbocycles. The smallest absolute Gasteiger partial charge is 0.411 e. The van der Waals surface area contributed by atoms with Crippen LogP contribution in [0.25, 0.3) is 0 Å². The monoisotopic (exact) mass is 264 g/mol. The van der Waals surface area contributed by atoms with E-state index in [4.69, 9.17) is 4.74 Å².